The van der Waals surface area contributed by atoms with Crippen LogP contribution in [0.2, 0.25) is 0 Å². The average molecular weight is 348 g/mol. The standard InChI is InChI=1S/C20H20N4O2/c25-20(23-11-14-4-8-26-9-5-14)19-10-16(15-2-1-6-21-12-15)17-13-22-7-3-18(17)24-19/h1-3,6-7,10,12-14H,4-5,8-9,11H2,(H,23,25). The van der Waals surface area contributed by atoms with Crippen LogP contribution < -0.4 is 5.32 Å². The van der Waals surface area contributed by atoms with E-state index in [0.29, 0.717) is 18.2 Å². The second-order valence-corrected chi connectivity index (χ2v) is 6.46. The Bertz CT molecular complexity index is 908. The van der Waals surface area contributed by atoms with Gasteiger partial charge in [-0.3, -0.25) is 14.8 Å². The van der Waals surface area contributed by atoms with Crippen molar-refractivity contribution in [2.75, 3.05) is 19.8 Å². The molecule has 3 aromatic heterocycles. The lowest BCUT2D eigenvalue weighted by Gasteiger charge is -2.22. The van der Waals surface area contributed by atoms with Crippen molar-refractivity contribution in [1.82, 2.24) is 20.3 Å². The molecule has 0 radical (unpaired) electrons. The summed E-state index contributed by atoms with van der Waals surface area (Å²) in [6, 6.07) is 7.49. The van der Waals surface area contributed by atoms with E-state index < -0.39 is 0 Å². The van der Waals surface area contributed by atoms with Gasteiger partial charge in [-0.15, -0.1) is 0 Å². The highest BCUT2D eigenvalue weighted by Crippen LogP contribution is 2.27. The van der Waals surface area contributed by atoms with Crippen LogP contribution in [0, 0.1) is 5.92 Å². The van der Waals surface area contributed by atoms with Crippen LogP contribution in [0.4, 0.5) is 0 Å². The molecule has 0 unspecified atom stereocenters. The topological polar surface area (TPSA) is 77.0 Å². The molecule has 1 aliphatic rings. The number of hydrogen-bond donors (Lipinski definition) is 1. The van der Waals surface area contributed by atoms with Crippen molar-refractivity contribution in [3.63, 3.8) is 0 Å². The number of rotatable bonds is 4. The molecule has 3 aromatic rings. The third-order valence-electron chi connectivity index (χ3n) is 4.71. The van der Waals surface area contributed by atoms with Gasteiger partial charge in [0, 0.05) is 55.5 Å². The van der Waals surface area contributed by atoms with Gasteiger partial charge in [0.25, 0.3) is 5.91 Å². The number of carbonyl (C=O) groups excluding carboxylic acids is 1. The highest BCUT2D eigenvalue weighted by molar-refractivity contribution is 6.00. The lowest BCUT2D eigenvalue weighted by molar-refractivity contribution is 0.0642. The minimum absolute atomic E-state index is 0.152. The number of hydrogen-bond acceptors (Lipinski definition) is 5. The van der Waals surface area contributed by atoms with Crippen molar-refractivity contribution in [1.29, 1.82) is 0 Å². The molecule has 132 valence electrons. The normalized spacial score (nSPS) is 15.1. The van der Waals surface area contributed by atoms with Gasteiger partial charge in [0.05, 0.1) is 5.52 Å². The summed E-state index contributed by atoms with van der Waals surface area (Å²) >= 11 is 0. The molecular weight excluding hydrogens is 328 g/mol. The molecule has 0 aliphatic carbocycles. The van der Waals surface area contributed by atoms with E-state index in [1.807, 2.05) is 24.3 Å². The van der Waals surface area contributed by atoms with Crippen LogP contribution in [0.25, 0.3) is 22.0 Å². The average Bonchev–Trinajstić information content (AvgIpc) is 2.72. The fourth-order valence-electron chi connectivity index (χ4n) is 3.22. The number of aromatic nitrogens is 3. The summed E-state index contributed by atoms with van der Waals surface area (Å²) in [5.74, 6) is 0.315. The van der Waals surface area contributed by atoms with Gasteiger partial charge in [0.2, 0.25) is 0 Å². The molecule has 4 rings (SSSR count). The van der Waals surface area contributed by atoms with Gasteiger partial charge >= 0.3 is 0 Å². The fraction of sp³-hybridized carbons (Fsp3) is 0.300. The molecule has 1 fully saturated rings. The summed E-state index contributed by atoms with van der Waals surface area (Å²) in [7, 11) is 0. The summed E-state index contributed by atoms with van der Waals surface area (Å²) in [6.07, 6.45) is 8.94. The first-order chi connectivity index (χ1) is 12.8. The van der Waals surface area contributed by atoms with Crippen molar-refractivity contribution in [3.8, 4) is 11.1 Å². The number of nitrogens with one attached hydrogen (secondary N) is 1. The molecule has 0 aromatic carbocycles. The minimum atomic E-state index is -0.152. The zero-order chi connectivity index (χ0) is 17.8. The van der Waals surface area contributed by atoms with Gasteiger partial charge < -0.3 is 10.1 Å². The lowest BCUT2D eigenvalue weighted by Crippen LogP contribution is -2.32. The first kappa shape index (κ1) is 16.6. The monoisotopic (exact) mass is 348 g/mol. The highest BCUT2D eigenvalue weighted by atomic mass is 16.5. The number of fused-ring (bicyclic) bond motifs is 1. The van der Waals surface area contributed by atoms with Gasteiger partial charge in [-0.25, -0.2) is 4.98 Å². The SMILES string of the molecule is O=C(NCC1CCOCC1)c1cc(-c2cccnc2)c2cnccc2n1. The fourth-order valence-corrected chi connectivity index (χ4v) is 3.22. The van der Waals surface area contributed by atoms with Crippen molar-refractivity contribution in [3.05, 3.63) is 54.7 Å². The van der Waals surface area contributed by atoms with E-state index in [0.717, 1.165) is 48.1 Å². The third-order valence-corrected chi connectivity index (χ3v) is 4.71. The Balaban J connectivity index is 1.63. The Kier molecular flexibility index (Phi) is 4.84. The number of nitrogens with zero attached hydrogens (tertiary/aromatic N) is 3. The number of pyridine rings is 3. The van der Waals surface area contributed by atoms with Crippen LogP contribution in [0.3, 0.4) is 0 Å². The first-order valence-electron chi connectivity index (χ1n) is 8.82. The maximum Gasteiger partial charge on any atom is 0.269 e. The molecule has 4 heterocycles. The quantitative estimate of drug-likeness (QED) is 0.784. The lowest BCUT2D eigenvalue weighted by atomic mass is 10.00. The molecule has 0 spiro atoms. The van der Waals surface area contributed by atoms with E-state index in [9.17, 15) is 4.79 Å². The van der Waals surface area contributed by atoms with Crippen molar-refractivity contribution < 1.29 is 9.53 Å². The predicted octanol–water partition coefficient (Wildman–Crippen LogP) is 2.85. The molecule has 1 N–H and O–H groups in total. The van der Waals surface area contributed by atoms with E-state index in [1.54, 1.807) is 24.8 Å². The van der Waals surface area contributed by atoms with Gasteiger partial charge in [0.15, 0.2) is 0 Å². The Hall–Kier alpha value is -2.86. The summed E-state index contributed by atoms with van der Waals surface area (Å²) < 4.78 is 5.37. The summed E-state index contributed by atoms with van der Waals surface area (Å²) in [6.45, 7) is 2.19. The number of amides is 1. The number of ether oxygens (including phenoxy) is 1. The molecule has 0 saturated carbocycles. The predicted molar refractivity (Wildman–Crippen MR) is 98.6 cm³/mol. The van der Waals surface area contributed by atoms with Crippen molar-refractivity contribution >= 4 is 16.8 Å². The maximum absolute atomic E-state index is 12.7. The molecule has 6 nitrogen and oxygen atoms in total. The zero-order valence-corrected chi connectivity index (χ0v) is 14.4. The van der Waals surface area contributed by atoms with Gasteiger partial charge in [0.1, 0.15) is 5.69 Å². The highest BCUT2D eigenvalue weighted by Gasteiger charge is 2.17. The molecule has 1 saturated heterocycles. The van der Waals surface area contributed by atoms with Gasteiger partial charge in [-0.2, -0.15) is 0 Å². The molecule has 6 heteroatoms. The van der Waals surface area contributed by atoms with Gasteiger partial charge in [-0.05, 0) is 42.5 Å². The minimum Gasteiger partial charge on any atom is -0.381 e. The Morgan fingerprint density at radius 2 is 2.00 bits per heavy atom. The molecule has 1 aliphatic heterocycles. The molecule has 26 heavy (non-hydrogen) atoms. The zero-order valence-electron chi connectivity index (χ0n) is 14.4. The smallest absolute Gasteiger partial charge is 0.269 e. The van der Waals surface area contributed by atoms with E-state index in [1.165, 1.54) is 0 Å². The van der Waals surface area contributed by atoms with Crippen LogP contribution in [0.1, 0.15) is 23.3 Å². The first-order valence-corrected chi connectivity index (χ1v) is 8.82. The van der Waals surface area contributed by atoms with E-state index in [4.69, 9.17) is 4.74 Å². The van der Waals surface area contributed by atoms with Crippen LogP contribution >= 0.6 is 0 Å². The molecule has 1 amide bonds. The van der Waals surface area contributed by atoms with E-state index >= 15 is 0 Å². The molecular formula is C20H20N4O2. The maximum atomic E-state index is 12.7. The van der Waals surface area contributed by atoms with Crippen LogP contribution in [0.15, 0.2) is 49.1 Å². The van der Waals surface area contributed by atoms with Crippen LogP contribution in [0.5, 0.6) is 0 Å². The Morgan fingerprint density at radius 3 is 2.81 bits per heavy atom. The Labute approximate surface area is 151 Å². The largest absolute Gasteiger partial charge is 0.381 e. The second-order valence-electron chi connectivity index (χ2n) is 6.46. The third kappa shape index (κ3) is 3.55. The summed E-state index contributed by atoms with van der Waals surface area (Å²) in [5, 5.41) is 3.93. The second kappa shape index (κ2) is 7.58. The van der Waals surface area contributed by atoms with Crippen LogP contribution in [-0.2, 0) is 4.74 Å². The number of carbonyl (C=O) groups is 1. The molecule has 0 bridgehead atoms. The van der Waals surface area contributed by atoms with Crippen molar-refractivity contribution in [2.24, 2.45) is 5.92 Å². The molecule has 0 atom stereocenters. The van der Waals surface area contributed by atoms with E-state index in [-0.39, 0.29) is 5.91 Å². The Morgan fingerprint density at radius 1 is 1.15 bits per heavy atom. The van der Waals surface area contributed by atoms with Crippen LogP contribution in [-0.4, -0.2) is 40.6 Å². The van der Waals surface area contributed by atoms with Gasteiger partial charge in [-0.1, -0.05) is 6.07 Å². The summed E-state index contributed by atoms with van der Waals surface area (Å²) in [5.41, 5.74) is 3.01. The van der Waals surface area contributed by atoms with Crippen molar-refractivity contribution in [2.45, 2.75) is 12.8 Å². The van der Waals surface area contributed by atoms with E-state index in [2.05, 4.69) is 20.3 Å². The summed E-state index contributed by atoms with van der Waals surface area (Å²) in [4.78, 5) is 25.6.